The minimum absolute atomic E-state index is 0. The van der Waals surface area contributed by atoms with Gasteiger partial charge in [0.05, 0.1) is 0 Å². The average Bonchev–Trinajstić information content (AvgIpc) is 3.21. The second-order valence-corrected chi connectivity index (χ2v) is 6.29. The summed E-state index contributed by atoms with van der Waals surface area (Å²) in [6, 6.07) is 17.4. The van der Waals surface area contributed by atoms with E-state index in [0.717, 1.165) is 6.42 Å². The van der Waals surface area contributed by atoms with Gasteiger partial charge in [0.25, 0.3) is 0 Å². The van der Waals surface area contributed by atoms with Crippen LogP contribution in [0.3, 0.4) is 0 Å². The molecule has 0 spiro atoms. The Morgan fingerprint density at radius 2 is 1.68 bits per heavy atom. The molecule has 0 saturated carbocycles. The van der Waals surface area contributed by atoms with E-state index in [1.807, 2.05) is 12.2 Å². The topological polar surface area (TPSA) is 0 Å². The third-order valence-electron chi connectivity index (χ3n) is 3.13. The van der Waals surface area contributed by atoms with E-state index >= 15 is 0 Å². The first-order chi connectivity index (χ1) is 9.45. The molecule has 0 aliphatic heterocycles. The van der Waals surface area contributed by atoms with Crippen LogP contribution in [0.25, 0.3) is 16.1 Å². The molecule has 1 aliphatic rings. The second kappa shape index (κ2) is 11.1. The fourth-order valence-corrected chi connectivity index (χ4v) is 3.91. The predicted molar refractivity (Wildman–Crippen MR) is 85.2 cm³/mol. The molecule has 4 rings (SSSR count). The second-order valence-electron chi connectivity index (χ2n) is 4.40. The van der Waals surface area contributed by atoms with Crippen molar-refractivity contribution in [2.45, 2.75) is 6.42 Å². The van der Waals surface area contributed by atoms with Gasteiger partial charge in [-0.1, -0.05) is 23.5 Å². The van der Waals surface area contributed by atoms with Crippen LogP contribution in [0, 0.1) is 6.08 Å². The molecule has 2 aromatic carbocycles. The van der Waals surface area contributed by atoms with Crippen LogP contribution in [0.1, 0.15) is 6.42 Å². The van der Waals surface area contributed by atoms with Crippen LogP contribution in [0.5, 0.6) is 0 Å². The smallest absolute Gasteiger partial charge is 1.00 e. The van der Waals surface area contributed by atoms with E-state index < -0.39 is 0 Å². The normalized spacial score (nSPS) is 10.9. The molecular weight excluding hydrogens is 409 g/mol. The van der Waals surface area contributed by atoms with Crippen molar-refractivity contribution in [3.8, 4) is 5.30 Å². The number of allylic oxidation sites excluding steroid dienone is 4. The monoisotopic (exact) mass is 422 g/mol. The SMILES string of the molecule is [C-]1=CC=CC1.[Cl-].[Cl-].[Zr+4].c1ccc2c(c1)cc[c-]2-p1cccc1. The van der Waals surface area contributed by atoms with Gasteiger partial charge in [0.1, 0.15) is 0 Å². The maximum absolute atomic E-state index is 2.99. The molecule has 1 aliphatic carbocycles. The van der Waals surface area contributed by atoms with Crippen LogP contribution in [0.4, 0.5) is 0 Å². The van der Waals surface area contributed by atoms with Gasteiger partial charge in [-0.3, -0.25) is 6.08 Å². The Bertz CT molecular complexity index is 702. The summed E-state index contributed by atoms with van der Waals surface area (Å²) in [4.78, 5) is 0. The number of rotatable bonds is 1. The van der Waals surface area contributed by atoms with Gasteiger partial charge >= 0.3 is 26.2 Å². The predicted octanol–water partition coefficient (Wildman–Crippen LogP) is -0.154. The minimum Gasteiger partial charge on any atom is -1.00 e. The number of benzene rings is 1. The zero-order chi connectivity index (χ0) is 12.9. The molecule has 0 radical (unpaired) electrons. The van der Waals surface area contributed by atoms with Crippen LogP contribution in [0.2, 0.25) is 0 Å². The molecule has 0 fully saturated rings. The summed E-state index contributed by atoms with van der Waals surface area (Å²) >= 11 is 0. The molecule has 22 heavy (non-hydrogen) atoms. The summed E-state index contributed by atoms with van der Waals surface area (Å²) in [7, 11) is -0.164. The Labute approximate surface area is 164 Å². The summed E-state index contributed by atoms with van der Waals surface area (Å²) in [5.41, 5.74) is 0. The van der Waals surface area contributed by atoms with Crippen molar-refractivity contribution in [1.82, 2.24) is 0 Å². The third-order valence-corrected chi connectivity index (χ3v) is 5.06. The Morgan fingerprint density at radius 3 is 2.27 bits per heavy atom. The van der Waals surface area contributed by atoms with Crippen molar-refractivity contribution in [1.29, 1.82) is 0 Å². The van der Waals surface area contributed by atoms with Crippen molar-refractivity contribution < 1.29 is 51.0 Å². The number of halogens is 2. The molecule has 0 saturated heterocycles. The van der Waals surface area contributed by atoms with Crippen molar-refractivity contribution in [3.05, 3.63) is 84.4 Å². The Hall–Kier alpha value is -0.447. The van der Waals surface area contributed by atoms with E-state index in [4.69, 9.17) is 0 Å². The Kier molecular flexibility index (Phi) is 10.9. The van der Waals surface area contributed by atoms with Gasteiger partial charge in [-0.2, -0.15) is 12.1 Å². The van der Waals surface area contributed by atoms with Crippen LogP contribution in [0.15, 0.2) is 78.4 Å². The van der Waals surface area contributed by atoms with Crippen molar-refractivity contribution in [2.24, 2.45) is 0 Å². The van der Waals surface area contributed by atoms with Crippen LogP contribution in [-0.2, 0) is 26.2 Å². The largest absolute Gasteiger partial charge is 4.00 e. The number of fused-ring (bicyclic) bond motifs is 1. The minimum atomic E-state index is -0.164. The zero-order valence-corrected chi connectivity index (χ0v) is 16.8. The van der Waals surface area contributed by atoms with Crippen LogP contribution < -0.4 is 24.8 Å². The summed E-state index contributed by atoms with van der Waals surface area (Å²) in [5, 5.41) is 4.26. The number of hydrogen-bond donors (Lipinski definition) is 0. The van der Waals surface area contributed by atoms with Gasteiger partial charge in [0.2, 0.25) is 0 Å². The molecule has 0 atom stereocenters. The third kappa shape index (κ3) is 5.32. The Morgan fingerprint density at radius 1 is 0.955 bits per heavy atom. The first kappa shape index (κ1) is 21.6. The van der Waals surface area contributed by atoms with E-state index in [2.05, 4.69) is 72.3 Å². The summed E-state index contributed by atoms with van der Waals surface area (Å²) in [5.74, 6) is 4.61. The summed E-state index contributed by atoms with van der Waals surface area (Å²) < 4.78 is 0. The van der Waals surface area contributed by atoms with Gasteiger partial charge in [-0.25, -0.2) is 12.2 Å². The van der Waals surface area contributed by atoms with Gasteiger partial charge in [0, 0.05) is 0 Å². The molecule has 0 amide bonds. The van der Waals surface area contributed by atoms with Crippen molar-refractivity contribution >= 4 is 18.3 Å². The molecule has 0 nitrogen and oxygen atoms in total. The molecule has 1 heterocycles. The maximum atomic E-state index is 2.99. The van der Waals surface area contributed by atoms with Crippen molar-refractivity contribution in [2.75, 3.05) is 0 Å². The van der Waals surface area contributed by atoms with Gasteiger partial charge in [-0.05, 0) is 11.6 Å². The van der Waals surface area contributed by atoms with Gasteiger partial charge in [0.15, 0.2) is 0 Å². The molecular formula is C18H15Cl2PZr. The van der Waals surface area contributed by atoms with E-state index in [0.29, 0.717) is 0 Å². The maximum Gasteiger partial charge on any atom is 4.00 e. The molecule has 0 bridgehead atoms. The summed E-state index contributed by atoms with van der Waals surface area (Å²) in [6.07, 6.45) is 10.0. The van der Waals surface area contributed by atoms with E-state index in [1.165, 1.54) is 16.1 Å². The van der Waals surface area contributed by atoms with E-state index in [-0.39, 0.29) is 58.6 Å². The fourth-order valence-electron chi connectivity index (χ4n) is 2.19. The molecule has 1 aromatic heterocycles. The first-order valence-electron chi connectivity index (χ1n) is 6.45. The number of hydrogen-bond acceptors (Lipinski definition) is 0. The van der Waals surface area contributed by atoms with Crippen LogP contribution >= 0.6 is 7.53 Å². The van der Waals surface area contributed by atoms with Gasteiger partial charge < -0.3 is 24.8 Å². The first-order valence-corrected chi connectivity index (χ1v) is 7.93. The molecule has 3 aromatic rings. The molecule has 4 heteroatoms. The molecule has 110 valence electrons. The summed E-state index contributed by atoms with van der Waals surface area (Å²) in [6.45, 7) is 0. The molecule has 0 unspecified atom stereocenters. The van der Waals surface area contributed by atoms with E-state index in [9.17, 15) is 0 Å². The Balaban J connectivity index is 0.000000482. The van der Waals surface area contributed by atoms with Crippen molar-refractivity contribution in [3.63, 3.8) is 0 Å². The van der Waals surface area contributed by atoms with Crippen LogP contribution in [-0.4, -0.2) is 0 Å². The fraction of sp³-hybridized carbons (Fsp3) is 0.0556. The molecule has 0 N–H and O–H groups in total. The average molecular weight is 424 g/mol. The van der Waals surface area contributed by atoms with E-state index in [1.54, 1.807) is 0 Å². The van der Waals surface area contributed by atoms with Gasteiger partial charge in [-0.15, -0.1) is 49.0 Å². The standard InChI is InChI=1S/C13H10P.C5H5.2ClH.Zr/c1-2-6-12-11(5-1)7-8-13(12)14-9-3-4-10-14;1-2-4-5-3-1;;;/h1-10H;1-3H,4H2;2*1H;/q2*-1;;;+4/p-2. The quantitative estimate of drug-likeness (QED) is 0.477. The zero-order valence-electron chi connectivity index (χ0n) is 11.9.